The molecule has 3 amide bonds. The van der Waals surface area contributed by atoms with E-state index in [0.29, 0.717) is 36.2 Å². The molecule has 46 heavy (non-hydrogen) atoms. The number of benzene rings is 3. The minimum Gasteiger partial charge on any atom is -0.477 e. The Morgan fingerprint density at radius 1 is 0.804 bits per heavy atom. The molecule has 0 fully saturated rings. The van der Waals surface area contributed by atoms with E-state index in [2.05, 4.69) is 10.3 Å². The van der Waals surface area contributed by atoms with Gasteiger partial charge in [-0.1, -0.05) is 72.8 Å². The number of hydrogen-bond acceptors (Lipinski definition) is 8. The molecule has 12 nitrogen and oxygen atoms in total. The average molecular weight is 627 g/mol. The van der Waals surface area contributed by atoms with Crippen LogP contribution in [0.4, 0.5) is 15.3 Å². The van der Waals surface area contributed by atoms with E-state index in [1.54, 1.807) is 48.5 Å². The first-order valence-electron chi connectivity index (χ1n) is 14.6. The normalized spacial score (nSPS) is 11.2. The van der Waals surface area contributed by atoms with Crippen molar-refractivity contribution in [3.63, 3.8) is 0 Å². The van der Waals surface area contributed by atoms with Crippen LogP contribution < -0.4 is 21.5 Å². The van der Waals surface area contributed by atoms with E-state index in [1.165, 1.54) is 24.3 Å². The van der Waals surface area contributed by atoms with Gasteiger partial charge in [-0.25, -0.2) is 19.3 Å². The predicted octanol–water partition coefficient (Wildman–Crippen LogP) is 4.83. The molecule has 0 saturated heterocycles. The molecular formula is C34H34N4O8. The molecule has 4 aromatic rings. The molecule has 0 saturated carbocycles. The lowest BCUT2D eigenvalue weighted by molar-refractivity contribution is -0.120. The summed E-state index contributed by atoms with van der Waals surface area (Å²) in [6, 6.07) is 25.5. The van der Waals surface area contributed by atoms with Crippen LogP contribution in [-0.2, 0) is 27.5 Å². The average Bonchev–Trinajstić information content (AvgIpc) is 3.07. The quantitative estimate of drug-likeness (QED) is 0.151. The van der Waals surface area contributed by atoms with Crippen molar-refractivity contribution in [3.05, 3.63) is 124 Å². The fraction of sp³-hybridized carbons (Fsp3) is 0.206. The molecule has 0 spiro atoms. The Morgan fingerprint density at radius 3 is 1.98 bits per heavy atom. The van der Waals surface area contributed by atoms with Crippen LogP contribution in [0, 0.1) is 0 Å². The molecule has 238 valence electrons. The number of carbonyl (C=O) groups excluding carboxylic acids is 3. The minimum absolute atomic E-state index is 0.0176. The van der Waals surface area contributed by atoms with Gasteiger partial charge in [-0.2, -0.15) is 0 Å². The number of carboxylic acid groups (broad SMARTS) is 1. The van der Waals surface area contributed by atoms with Gasteiger partial charge >= 0.3 is 18.2 Å². The Morgan fingerprint density at radius 2 is 1.41 bits per heavy atom. The molecular weight excluding hydrogens is 592 g/mol. The number of pyridine rings is 1. The minimum atomic E-state index is -1.36. The van der Waals surface area contributed by atoms with E-state index in [9.17, 15) is 24.0 Å². The number of alkyl carbamates (subject to hydrolysis) is 1. The number of ether oxygens (including phenoxy) is 2. The fourth-order valence-corrected chi connectivity index (χ4v) is 4.52. The first-order chi connectivity index (χ1) is 22.3. The summed E-state index contributed by atoms with van der Waals surface area (Å²) >= 11 is 0. The number of unbranched alkanes of at least 4 members (excludes halogenated alkanes) is 1. The summed E-state index contributed by atoms with van der Waals surface area (Å²) in [6.45, 7) is 0.249. The number of nitrogens with zero attached hydrogens (tertiary/aromatic N) is 1. The van der Waals surface area contributed by atoms with Crippen LogP contribution in [0.1, 0.15) is 40.7 Å². The fourth-order valence-electron chi connectivity index (χ4n) is 4.52. The van der Waals surface area contributed by atoms with Crippen LogP contribution in [0.25, 0.3) is 11.3 Å². The van der Waals surface area contributed by atoms with Crippen molar-refractivity contribution in [2.75, 3.05) is 11.4 Å². The molecule has 0 aliphatic rings. The van der Waals surface area contributed by atoms with E-state index in [1.807, 2.05) is 24.3 Å². The third kappa shape index (κ3) is 9.13. The summed E-state index contributed by atoms with van der Waals surface area (Å²) < 4.78 is 10.9. The van der Waals surface area contributed by atoms with Crippen LogP contribution >= 0.6 is 0 Å². The number of nitrogens with one attached hydrogen (secondary N) is 2. The van der Waals surface area contributed by atoms with Crippen LogP contribution in [-0.4, -0.2) is 46.7 Å². The Bertz CT molecular complexity index is 1690. The van der Waals surface area contributed by atoms with Gasteiger partial charge in [0.15, 0.2) is 0 Å². The predicted molar refractivity (Wildman–Crippen MR) is 170 cm³/mol. The summed E-state index contributed by atoms with van der Waals surface area (Å²) in [4.78, 5) is 67.1. The lowest BCUT2D eigenvalue weighted by atomic mass is 10.1. The molecule has 1 aromatic heterocycles. The van der Waals surface area contributed by atoms with E-state index in [-0.39, 0.29) is 25.3 Å². The Balaban J connectivity index is 1.60. The number of aromatic carboxylic acids is 1. The van der Waals surface area contributed by atoms with Crippen molar-refractivity contribution in [1.29, 1.82) is 0 Å². The molecule has 0 unspecified atom stereocenters. The summed E-state index contributed by atoms with van der Waals surface area (Å²) in [5.41, 5.74) is 6.89. The number of rotatable bonds is 13. The zero-order valence-electron chi connectivity index (χ0n) is 24.9. The van der Waals surface area contributed by atoms with Gasteiger partial charge in [0, 0.05) is 5.69 Å². The highest BCUT2D eigenvalue weighted by molar-refractivity contribution is 6.14. The molecule has 5 N–H and O–H groups in total. The molecule has 12 heteroatoms. The smallest absolute Gasteiger partial charge is 0.421 e. The summed E-state index contributed by atoms with van der Waals surface area (Å²) in [6.07, 6.45) is -0.567. The Kier molecular flexibility index (Phi) is 11.8. The van der Waals surface area contributed by atoms with Crippen LogP contribution in [0.2, 0.25) is 0 Å². The summed E-state index contributed by atoms with van der Waals surface area (Å²) in [7, 11) is 0. The van der Waals surface area contributed by atoms with Gasteiger partial charge in [-0.3, -0.25) is 9.59 Å². The third-order valence-electron chi connectivity index (χ3n) is 6.93. The van der Waals surface area contributed by atoms with Crippen LogP contribution in [0.15, 0.2) is 102 Å². The Labute approximate surface area is 264 Å². The van der Waals surface area contributed by atoms with Crippen molar-refractivity contribution in [2.45, 2.75) is 38.5 Å². The highest BCUT2D eigenvalue weighted by atomic mass is 16.6. The van der Waals surface area contributed by atoms with Gasteiger partial charge < -0.3 is 30.6 Å². The van der Waals surface area contributed by atoms with Gasteiger partial charge in [0.05, 0.1) is 5.69 Å². The lowest BCUT2D eigenvalue weighted by Crippen LogP contribution is -2.51. The number of carboxylic acids is 1. The second-order valence-electron chi connectivity index (χ2n) is 10.2. The number of carbonyl (C=O) groups is 4. The second kappa shape index (κ2) is 16.4. The highest BCUT2D eigenvalue weighted by Gasteiger charge is 2.33. The number of aromatic nitrogens is 1. The first kappa shape index (κ1) is 33.1. The number of anilines is 1. The van der Waals surface area contributed by atoms with Gasteiger partial charge in [-0.15, -0.1) is 0 Å². The van der Waals surface area contributed by atoms with Crippen molar-refractivity contribution in [2.24, 2.45) is 5.73 Å². The molecule has 0 aliphatic carbocycles. The van der Waals surface area contributed by atoms with Crippen LogP contribution in [0.5, 0.6) is 0 Å². The largest absolute Gasteiger partial charge is 0.477 e. The number of imide groups is 1. The maximum Gasteiger partial charge on any atom is 0.421 e. The molecule has 4 rings (SSSR count). The van der Waals surface area contributed by atoms with Crippen molar-refractivity contribution in [1.82, 2.24) is 10.3 Å². The number of aromatic amines is 1. The molecule has 1 heterocycles. The van der Waals surface area contributed by atoms with E-state index < -0.39 is 41.2 Å². The zero-order valence-corrected chi connectivity index (χ0v) is 24.9. The number of H-pyrrole nitrogens is 1. The van der Waals surface area contributed by atoms with Crippen LogP contribution in [0.3, 0.4) is 0 Å². The second-order valence-corrected chi connectivity index (χ2v) is 10.2. The maximum atomic E-state index is 14.0. The number of amides is 3. The lowest BCUT2D eigenvalue weighted by Gasteiger charge is -2.26. The maximum absolute atomic E-state index is 14.0. The highest BCUT2D eigenvalue weighted by Crippen LogP contribution is 2.24. The molecule has 0 aliphatic heterocycles. The van der Waals surface area contributed by atoms with E-state index >= 15 is 0 Å². The Hall–Kier alpha value is -5.75. The molecule has 0 radical (unpaired) electrons. The summed E-state index contributed by atoms with van der Waals surface area (Å²) in [5, 5.41) is 11.7. The van der Waals surface area contributed by atoms with E-state index in [4.69, 9.17) is 20.3 Å². The SMILES string of the molecule is NCCCC[C@H](NC(=O)OCc1ccccc1)C(=O)N(C(=O)OCc1ccccc1)c1ccc(-c2ccc(C(=O)O)c(=O)[nH]2)cc1. The van der Waals surface area contributed by atoms with Gasteiger partial charge in [0.2, 0.25) is 0 Å². The topological polar surface area (TPSA) is 181 Å². The standard InChI is InChI=1S/C34H34N4O8/c35-20-8-7-13-29(37-33(43)45-21-23-9-3-1-4-10-23)31(40)38(34(44)46-22-24-11-5-2-6-12-24)26-16-14-25(15-17-26)28-19-18-27(32(41)42)30(39)36-28/h1-6,9-12,14-19,29H,7-8,13,20-22,35H2,(H,36,39)(H,37,43)(H,41,42)/t29-/m0/s1. The number of nitrogens with two attached hydrogens (primary N) is 1. The van der Waals surface area contributed by atoms with Crippen molar-refractivity contribution in [3.8, 4) is 11.3 Å². The van der Waals surface area contributed by atoms with Crippen molar-refractivity contribution < 1.29 is 33.8 Å². The molecule has 3 aromatic carbocycles. The monoisotopic (exact) mass is 626 g/mol. The van der Waals surface area contributed by atoms with Gasteiger partial charge in [0.25, 0.3) is 11.5 Å². The molecule has 0 bridgehead atoms. The summed E-state index contributed by atoms with van der Waals surface area (Å²) in [5.74, 6) is -2.11. The van der Waals surface area contributed by atoms with E-state index in [0.717, 1.165) is 10.5 Å². The third-order valence-corrected chi connectivity index (χ3v) is 6.93. The van der Waals surface area contributed by atoms with Gasteiger partial charge in [-0.05, 0) is 66.8 Å². The van der Waals surface area contributed by atoms with Crippen molar-refractivity contribution >= 4 is 29.8 Å². The van der Waals surface area contributed by atoms with Gasteiger partial charge in [0.1, 0.15) is 24.8 Å². The zero-order chi connectivity index (χ0) is 32.9. The molecule has 1 atom stereocenters. The number of hydrogen-bond donors (Lipinski definition) is 4. The first-order valence-corrected chi connectivity index (χ1v) is 14.6.